The Morgan fingerprint density at radius 1 is 1.50 bits per heavy atom. The molecular weight excluding hydrogens is 224 g/mol. The summed E-state index contributed by atoms with van der Waals surface area (Å²) in [5, 5.41) is 2.61. The maximum Gasteiger partial charge on any atom is 0.236 e. The van der Waals surface area contributed by atoms with Crippen molar-refractivity contribution in [2.45, 2.75) is 19.4 Å². The number of anilines is 1. The molecule has 1 amide bonds. The number of aromatic nitrogens is 2. The lowest BCUT2D eigenvalue weighted by Gasteiger charge is -2.16. The second-order valence-electron chi connectivity index (χ2n) is 4.10. The molecule has 6 heteroatoms. The topological polar surface area (TPSA) is 80.9 Å². The molecule has 0 spiro atoms. The van der Waals surface area contributed by atoms with Gasteiger partial charge in [0.1, 0.15) is 0 Å². The highest BCUT2D eigenvalue weighted by atomic mass is 32.2. The zero-order valence-corrected chi connectivity index (χ0v) is 10.3. The zero-order chi connectivity index (χ0) is 12.0. The predicted octanol–water partition coefficient (Wildman–Crippen LogP) is 0.886. The van der Waals surface area contributed by atoms with Crippen LogP contribution in [0, 0.1) is 0 Å². The standard InChI is InChI=1S/C10H16N4OS/c1-10(2,11)7-16-6-8(15)14-9-12-4-3-5-13-9/h3-5H,6-7,11H2,1-2H3,(H,12,13,14,15). The molecule has 1 rings (SSSR count). The zero-order valence-electron chi connectivity index (χ0n) is 9.43. The molecule has 0 aromatic carbocycles. The van der Waals surface area contributed by atoms with Gasteiger partial charge in [0.25, 0.3) is 0 Å². The molecular formula is C10H16N4OS. The van der Waals surface area contributed by atoms with E-state index in [0.717, 1.165) is 5.75 Å². The molecule has 0 fully saturated rings. The minimum Gasteiger partial charge on any atom is -0.325 e. The second kappa shape index (κ2) is 5.81. The molecule has 0 aliphatic rings. The number of amides is 1. The molecule has 0 unspecified atom stereocenters. The van der Waals surface area contributed by atoms with Gasteiger partial charge < -0.3 is 5.73 Å². The van der Waals surface area contributed by atoms with E-state index in [-0.39, 0.29) is 11.4 Å². The molecule has 0 atom stereocenters. The van der Waals surface area contributed by atoms with Crippen LogP contribution in [0.2, 0.25) is 0 Å². The van der Waals surface area contributed by atoms with Crippen molar-refractivity contribution in [2.24, 2.45) is 5.73 Å². The average molecular weight is 240 g/mol. The van der Waals surface area contributed by atoms with Gasteiger partial charge in [-0.3, -0.25) is 10.1 Å². The van der Waals surface area contributed by atoms with Gasteiger partial charge in [-0.15, -0.1) is 0 Å². The fourth-order valence-corrected chi connectivity index (χ4v) is 1.82. The second-order valence-corrected chi connectivity index (χ2v) is 5.09. The van der Waals surface area contributed by atoms with Crippen LogP contribution in [-0.4, -0.2) is 32.9 Å². The van der Waals surface area contributed by atoms with Gasteiger partial charge >= 0.3 is 0 Å². The number of hydrogen-bond donors (Lipinski definition) is 2. The molecule has 5 nitrogen and oxygen atoms in total. The molecule has 88 valence electrons. The summed E-state index contributed by atoms with van der Waals surface area (Å²) >= 11 is 1.49. The van der Waals surface area contributed by atoms with Gasteiger partial charge in [0.2, 0.25) is 11.9 Å². The first-order chi connectivity index (χ1) is 7.47. The van der Waals surface area contributed by atoms with Crippen molar-refractivity contribution in [1.29, 1.82) is 0 Å². The van der Waals surface area contributed by atoms with Gasteiger partial charge in [-0.25, -0.2) is 9.97 Å². The van der Waals surface area contributed by atoms with Gasteiger partial charge in [0.15, 0.2) is 0 Å². The number of hydrogen-bond acceptors (Lipinski definition) is 5. The Morgan fingerprint density at radius 3 is 2.69 bits per heavy atom. The number of rotatable bonds is 5. The summed E-state index contributed by atoms with van der Waals surface area (Å²) in [5.41, 5.74) is 5.54. The van der Waals surface area contributed by atoms with E-state index in [2.05, 4.69) is 15.3 Å². The third kappa shape index (κ3) is 5.67. The Hall–Kier alpha value is -1.14. The third-order valence-electron chi connectivity index (χ3n) is 1.52. The molecule has 1 aromatic heterocycles. The number of thioether (sulfide) groups is 1. The Bertz CT molecular complexity index is 336. The summed E-state index contributed by atoms with van der Waals surface area (Å²) < 4.78 is 0. The molecule has 3 N–H and O–H groups in total. The highest BCUT2D eigenvalue weighted by molar-refractivity contribution is 8.00. The summed E-state index contributed by atoms with van der Waals surface area (Å²) in [4.78, 5) is 19.2. The molecule has 0 aliphatic carbocycles. The number of nitrogens with one attached hydrogen (secondary N) is 1. The van der Waals surface area contributed by atoms with E-state index in [1.807, 2.05) is 13.8 Å². The van der Waals surface area contributed by atoms with E-state index in [1.54, 1.807) is 18.5 Å². The van der Waals surface area contributed by atoms with Gasteiger partial charge in [-0.05, 0) is 19.9 Å². The Morgan fingerprint density at radius 2 is 2.12 bits per heavy atom. The van der Waals surface area contributed by atoms with Crippen LogP contribution in [0.5, 0.6) is 0 Å². The van der Waals surface area contributed by atoms with Crippen LogP contribution in [-0.2, 0) is 4.79 Å². The van der Waals surface area contributed by atoms with Crippen LogP contribution in [0.4, 0.5) is 5.95 Å². The van der Waals surface area contributed by atoms with E-state index in [4.69, 9.17) is 5.73 Å². The Labute approximate surface area is 99.2 Å². The van der Waals surface area contributed by atoms with Gasteiger partial charge in [-0.1, -0.05) is 0 Å². The van der Waals surface area contributed by atoms with E-state index >= 15 is 0 Å². The summed E-state index contributed by atoms with van der Waals surface area (Å²) in [6, 6.07) is 1.70. The molecule has 0 saturated heterocycles. The van der Waals surface area contributed by atoms with Crippen molar-refractivity contribution in [3.05, 3.63) is 18.5 Å². The maximum absolute atomic E-state index is 11.4. The van der Waals surface area contributed by atoms with Crippen molar-refractivity contribution >= 4 is 23.6 Å². The molecule has 0 radical (unpaired) electrons. The van der Waals surface area contributed by atoms with E-state index in [0.29, 0.717) is 11.7 Å². The van der Waals surface area contributed by atoms with E-state index in [1.165, 1.54) is 11.8 Å². The normalized spacial score (nSPS) is 11.2. The van der Waals surface area contributed by atoms with Crippen molar-refractivity contribution in [3.63, 3.8) is 0 Å². The average Bonchev–Trinajstić information content (AvgIpc) is 2.17. The van der Waals surface area contributed by atoms with Crippen LogP contribution >= 0.6 is 11.8 Å². The highest BCUT2D eigenvalue weighted by Gasteiger charge is 2.12. The van der Waals surface area contributed by atoms with E-state index in [9.17, 15) is 4.79 Å². The minimum atomic E-state index is -0.256. The lowest BCUT2D eigenvalue weighted by atomic mass is 10.1. The molecule has 1 heterocycles. The van der Waals surface area contributed by atoms with Crippen LogP contribution < -0.4 is 11.1 Å². The summed E-state index contributed by atoms with van der Waals surface area (Å²) in [6.07, 6.45) is 3.16. The SMILES string of the molecule is CC(C)(N)CSCC(=O)Nc1ncccn1. The van der Waals surface area contributed by atoms with Crippen LogP contribution in [0.3, 0.4) is 0 Å². The minimum absolute atomic E-state index is 0.111. The molecule has 0 aliphatic heterocycles. The molecule has 0 bridgehead atoms. The smallest absolute Gasteiger partial charge is 0.236 e. The Balaban J connectivity index is 2.27. The van der Waals surface area contributed by atoms with Crippen molar-refractivity contribution in [2.75, 3.05) is 16.8 Å². The van der Waals surface area contributed by atoms with Crippen LogP contribution in [0.1, 0.15) is 13.8 Å². The quantitative estimate of drug-likeness (QED) is 0.798. The first-order valence-electron chi connectivity index (χ1n) is 4.91. The lowest BCUT2D eigenvalue weighted by molar-refractivity contribution is -0.113. The largest absolute Gasteiger partial charge is 0.325 e. The highest BCUT2D eigenvalue weighted by Crippen LogP contribution is 2.09. The van der Waals surface area contributed by atoms with Crippen LogP contribution in [0.15, 0.2) is 18.5 Å². The monoisotopic (exact) mass is 240 g/mol. The summed E-state index contributed by atoms with van der Waals surface area (Å²) in [7, 11) is 0. The number of nitrogens with zero attached hydrogens (tertiary/aromatic N) is 2. The van der Waals surface area contributed by atoms with Crippen molar-refractivity contribution in [3.8, 4) is 0 Å². The molecule has 16 heavy (non-hydrogen) atoms. The van der Waals surface area contributed by atoms with Crippen molar-refractivity contribution in [1.82, 2.24) is 9.97 Å². The summed E-state index contributed by atoms with van der Waals surface area (Å²) in [6.45, 7) is 3.86. The van der Waals surface area contributed by atoms with Crippen LogP contribution in [0.25, 0.3) is 0 Å². The number of nitrogens with two attached hydrogens (primary N) is 1. The molecule has 0 saturated carbocycles. The first kappa shape index (κ1) is 12.9. The molecule has 1 aromatic rings. The lowest BCUT2D eigenvalue weighted by Crippen LogP contribution is -2.35. The Kier molecular flexibility index (Phi) is 4.70. The number of carbonyl (C=O) groups is 1. The fraction of sp³-hybridized carbons (Fsp3) is 0.500. The van der Waals surface area contributed by atoms with Crippen molar-refractivity contribution < 1.29 is 4.79 Å². The maximum atomic E-state index is 11.4. The predicted molar refractivity (Wildman–Crippen MR) is 66.3 cm³/mol. The summed E-state index contributed by atoms with van der Waals surface area (Å²) in [5.74, 6) is 1.31. The van der Waals surface area contributed by atoms with Gasteiger partial charge in [0.05, 0.1) is 5.75 Å². The first-order valence-corrected chi connectivity index (χ1v) is 6.06. The number of carbonyl (C=O) groups excluding carboxylic acids is 1. The van der Waals surface area contributed by atoms with Gasteiger partial charge in [-0.2, -0.15) is 11.8 Å². The van der Waals surface area contributed by atoms with E-state index < -0.39 is 0 Å². The fourth-order valence-electron chi connectivity index (χ4n) is 0.931. The third-order valence-corrected chi connectivity index (χ3v) is 2.94. The van der Waals surface area contributed by atoms with Gasteiger partial charge in [0, 0.05) is 23.7 Å².